The van der Waals surface area contributed by atoms with Crippen LogP contribution < -0.4 is 5.56 Å². The van der Waals surface area contributed by atoms with Gasteiger partial charge >= 0.3 is 0 Å². The van der Waals surface area contributed by atoms with Crippen molar-refractivity contribution in [2.45, 2.75) is 19.1 Å². The summed E-state index contributed by atoms with van der Waals surface area (Å²) in [5, 5.41) is 2.52. The fourth-order valence-electron chi connectivity index (χ4n) is 2.78. The van der Waals surface area contributed by atoms with E-state index in [2.05, 4.69) is 6.92 Å². The summed E-state index contributed by atoms with van der Waals surface area (Å²) in [6.07, 6.45) is 0.868. The van der Waals surface area contributed by atoms with Gasteiger partial charge < -0.3 is 0 Å². The molecule has 0 radical (unpaired) electrons. The van der Waals surface area contributed by atoms with Gasteiger partial charge in [0, 0.05) is 4.88 Å². The number of thioether (sulfide) groups is 1. The Morgan fingerprint density at radius 1 is 1.19 bits per heavy atom. The summed E-state index contributed by atoms with van der Waals surface area (Å²) in [6.45, 7) is 2.07. The number of aromatic nitrogens is 2. The van der Waals surface area contributed by atoms with Crippen LogP contribution in [0.25, 0.3) is 15.9 Å². The lowest BCUT2D eigenvalue weighted by Crippen LogP contribution is -2.23. The lowest BCUT2D eigenvalue weighted by molar-refractivity contribution is 0.109. The summed E-state index contributed by atoms with van der Waals surface area (Å²) in [5.74, 6) is 0.939. The van der Waals surface area contributed by atoms with Gasteiger partial charge in [0.1, 0.15) is 10.7 Å². The standard InChI is InChI=1S/C20H16N2O2S3/c1-2-14-11-15-18(27-14)21-17(12-26-20(24)16-9-6-10-25-16)22(19(15)23)13-7-4-3-5-8-13/h3-11H,2,12H2,1H3. The molecule has 4 nitrogen and oxygen atoms in total. The average Bonchev–Trinajstić information content (AvgIpc) is 3.36. The summed E-state index contributed by atoms with van der Waals surface area (Å²) < 4.78 is 1.63. The van der Waals surface area contributed by atoms with Crippen LogP contribution in [0.15, 0.2) is 58.7 Å². The third kappa shape index (κ3) is 3.63. The molecule has 0 aliphatic rings. The van der Waals surface area contributed by atoms with E-state index in [1.807, 2.05) is 53.9 Å². The molecule has 3 heterocycles. The first-order valence-electron chi connectivity index (χ1n) is 8.47. The van der Waals surface area contributed by atoms with Crippen molar-refractivity contribution >= 4 is 49.8 Å². The van der Waals surface area contributed by atoms with Crippen molar-refractivity contribution in [3.8, 4) is 5.69 Å². The molecule has 0 aliphatic heterocycles. The first-order valence-corrected chi connectivity index (χ1v) is 11.2. The van der Waals surface area contributed by atoms with Crippen molar-refractivity contribution in [2.75, 3.05) is 0 Å². The minimum absolute atomic E-state index is 0.000570. The maximum absolute atomic E-state index is 13.2. The van der Waals surface area contributed by atoms with Gasteiger partial charge in [-0.3, -0.25) is 14.2 Å². The normalized spacial score (nSPS) is 11.1. The van der Waals surface area contributed by atoms with E-state index < -0.39 is 0 Å². The Morgan fingerprint density at radius 3 is 2.70 bits per heavy atom. The highest BCUT2D eigenvalue weighted by atomic mass is 32.2. The third-order valence-corrected chi connectivity index (χ3v) is 7.16. The molecule has 3 aromatic heterocycles. The molecular weight excluding hydrogens is 396 g/mol. The Morgan fingerprint density at radius 2 is 2.00 bits per heavy atom. The van der Waals surface area contributed by atoms with Gasteiger partial charge in [0.05, 0.1) is 21.7 Å². The van der Waals surface area contributed by atoms with Crippen molar-refractivity contribution < 1.29 is 4.79 Å². The second-order valence-corrected chi connectivity index (χ2v) is 8.85. The van der Waals surface area contributed by atoms with Gasteiger partial charge in [0.15, 0.2) is 0 Å². The molecule has 0 N–H and O–H groups in total. The zero-order valence-electron chi connectivity index (χ0n) is 14.5. The Labute approximate surface area is 168 Å². The van der Waals surface area contributed by atoms with E-state index in [1.54, 1.807) is 15.9 Å². The van der Waals surface area contributed by atoms with Crippen molar-refractivity contribution in [2.24, 2.45) is 0 Å². The number of carbonyl (C=O) groups is 1. The number of fused-ring (bicyclic) bond motifs is 1. The van der Waals surface area contributed by atoms with Gasteiger partial charge in [-0.1, -0.05) is 43.0 Å². The number of carbonyl (C=O) groups excluding carboxylic acids is 1. The predicted molar refractivity (Wildman–Crippen MR) is 115 cm³/mol. The summed E-state index contributed by atoms with van der Waals surface area (Å²) in [4.78, 5) is 32.9. The second-order valence-electron chi connectivity index (χ2n) is 5.84. The molecule has 0 aliphatic carbocycles. The highest BCUT2D eigenvalue weighted by Crippen LogP contribution is 2.26. The predicted octanol–water partition coefficient (Wildman–Crippen LogP) is 5.14. The molecule has 136 valence electrons. The summed E-state index contributed by atoms with van der Waals surface area (Å²) >= 11 is 4.15. The molecule has 1 aromatic carbocycles. The molecule has 0 saturated heterocycles. The molecule has 4 rings (SSSR count). The number of aryl methyl sites for hydroxylation is 1. The Bertz CT molecular complexity index is 1150. The highest BCUT2D eigenvalue weighted by molar-refractivity contribution is 8.13. The minimum Gasteiger partial charge on any atom is -0.281 e. The van der Waals surface area contributed by atoms with E-state index in [1.165, 1.54) is 23.1 Å². The molecule has 0 atom stereocenters. The summed E-state index contributed by atoms with van der Waals surface area (Å²) in [6, 6.07) is 15.1. The van der Waals surface area contributed by atoms with E-state index in [4.69, 9.17) is 4.98 Å². The van der Waals surface area contributed by atoms with E-state index in [-0.39, 0.29) is 10.7 Å². The van der Waals surface area contributed by atoms with E-state index in [0.29, 0.717) is 21.8 Å². The number of thiophene rings is 2. The van der Waals surface area contributed by atoms with Gasteiger partial charge in [-0.25, -0.2) is 4.98 Å². The molecule has 27 heavy (non-hydrogen) atoms. The van der Waals surface area contributed by atoms with E-state index in [0.717, 1.165) is 21.8 Å². The molecule has 0 saturated carbocycles. The molecule has 0 bridgehead atoms. The van der Waals surface area contributed by atoms with Gasteiger partial charge in [-0.15, -0.1) is 22.7 Å². The van der Waals surface area contributed by atoms with Gasteiger partial charge in [0.2, 0.25) is 5.12 Å². The number of hydrogen-bond donors (Lipinski definition) is 0. The van der Waals surface area contributed by atoms with Crippen LogP contribution in [0.4, 0.5) is 0 Å². The van der Waals surface area contributed by atoms with E-state index >= 15 is 0 Å². The fourth-order valence-corrected chi connectivity index (χ4v) is 5.30. The van der Waals surface area contributed by atoms with Crippen LogP contribution in [-0.4, -0.2) is 14.7 Å². The Balaban J connectivity index is 1.79. The number of rotatable bonds is 5. The number of hydrogen-bond acceptors (Lipinski definition) is 6. The number of nitrogens with zero attached hydrogens (tertiary/aromatic N) is 2. The van der Waals surface area contributed by atoms with Crippen LogP contribution in [0.1, 0.15) is 27.3 Å². The zero-order valence-corrected chi connectivity index (χ0v) is 17.0. The van der Waals surface area contributed by atoms with Crippen LogP contribution in [0.3, 0.4) is 0 Å². The summed E-state index contributed by atoms with van der Waals surface area (Å²) in [5.41, 5.74) is 0.682. The monoisotopic (exact) mass is 412 g/mol. The van der Waals surface area contributed by atoms with Crippen molar-refractivity contribution in [1.82, 2.24) is 9.55 Å². The number of para-hydroxylation sites is 1. The van der Waals surface area contributed by atoms with Crippen LogP contribution in [-0.2, 0) is 12.2 Å². The third-order valence-electron chi connectivity index (χ3n) is 4.10. The number of benzene rings is 1. The van der Waals surface area contributed by atoms with Crippen molar-refractivity contribution in [3.63, 3.8) is 0 Å². The highest BCUT2D eigenvalue weighted by Gasteiger charge is 2.17. The van der Waals surface area contributed by atoms with Gasteiger partial charge in [0.25, 0.3) is 5.56 Å². The first-order chi connectivity index (χ1) is 13.2. The van der Waals surface area contributed by atoms with Crippen LogP contribution >= 0.6 is 34.4 Å². The molecule has 0 fully saturated rings. The van der Waals surface area contributed by atoms with Gasteiger partial charge in [-0.2, -0.15) is 0 Å². The van der Waals surface area contributed by atoms with Crippen LogP contribution in [0.5, 0.6) is 0 Å². The topological polar surface area (TPSA) is 52.0 Å². The average molecular weight is 413 g/mol. The smallest absolute Gasteiger partial charge is 0.266 e. The second kappa shape index (κ2) is 7.80. The molecule has 0 unspecified atom stereocenters. The largest absolute Gasteiger partial charge is 0.281 e. The Hall–Kier alpha value is -2.22. The molecule has 4 aromatic rings. The van der Waals surface area contributed by atoms with Crippen molar-refractivity contribution in [3.05, 3.63) is 79.8 Å². The SMILES string of the molecule is CCc1cc2c(=O)n(-c3ccccc3)c(CSC(=O)c3cccs3)nc2s1. The molecule has 0 amide bonds. The lowest BCUT2D eigenvalue weighted by Gasteiger charge is -2.11. The van der Waals surface area contributed by atoms with Crippen LogP contribution in [0, 0.1) is 0 Å². The molecular formula is C20H16N2O2S3. The zero-order chi connectivity index (χ0) is 18.8. The first kappa shape index (κ1) is 18.2. The quantitative estimate of drug-likeness (QED) is 0.455. The lowest BCUT2D eigenvalue weighted by atomic mass is 10.3. The molecule has 0 spiro atoms. The molecule has 7 heteroatoms. The van der Waals surface area contributed by atoms with Crippen LogP contribution in [0.2, 0.25) is 0 Å². The maximum atomic E-state index is 13.2. The van der Waals surface area contributed by atoms with Crippen molar-refractivity contribution in [1.29, 1.82) is 0 Å². The fraction of sp³-hybridized carbons (Fsp3) is 0.150. The Kier molecular flexibility index (Phi) is 5.24. The van der Waals surface area contributed by atoms with Gasteiger partial charge in [-0.05, 0) is 36.1 Å². The summed E-state index contributed by atoms with van der Waals surface area (Å²) in [7, 11) is 0. The minimum atomic E-state index is -0.0821. The maximum Gasteiger partial charge on any atom is 0.266 e. The van der Waals surface area contributed by atoms with E-state index in [9.17, 15) is 9.59 Å².